The van der Waals surface area contributed by atoms with Gasteiger partial charge in [0.05, 0.1) is 33.5 Å². The van der Waals surface area contributed by atoms with Crippen LogP contribution in [0.5, 0.6) is 11.5 Å². The first-order valence-corrected chi connectivity index (χ1v) is 22.8. The first kappa shape index (κ1) is 32.7. The van der Waals surface area contributed by atoms with Gasteiger partial charge < -0.3 is 4.74 Å². The van der Waals surface area contributed by atoms with E-state index in [1.165, 1.54) is 37.2 Å². The van der Waals surface area contributed by atoms with Gasteiger partial charge in [0.1, 0.15) is 11.5 Å². The molecule has 1 aliphatic rings. The van der Waals surface area contributed by atoms with Gasteiger partial charge in [-0.1, -0.05) is 133 Å². The van der Waals surface area contributed by atoms with Crippen molar-refractivity contribution < 1.29 is 10.2 Å². The lowest BCUT2D eigenvalue weighted by Crippen LogP contribution is -2.75. The summed E-state index contributed by atoms with van der Waals surface area (Å²) in [6, 6.07) is 59.0. The predicted octanol–water partition coefficient (Wildman–Crippen LogP) is 8.27. The van der Waals surface area contributed by atoms with E-state index in [2.05, 4.69) is 132 Å². The molecule has 0 aliphatic carbocycles. The maximum Gasteiger partial charge on any atom is 0.220 e. The topological polar surface area (TPSA) is 83.0 Å². The number of ether oxygens (including phenoxy) is 1. The molecule has 0 bridgehead atoms. The summed E-state index contributed by atoms with van der Waals surface area (Å²) >= 11 is 0. The molecule has 0 unspecified atom stereocenters. The number of benzene rings is 7. The Morgan fingerprint density at radius 2 is 1.13 bits per heavy atom. The summed E-state index contributed by atoms with van der Waals surface area (Å²) in [5.74, 6) is 1.46. The maximum absolute atomic E-state index is 10.4. The number of imidazole rings is 2. The number of fused-ring (bicyclic) bond motifs is 7. The lowest BCUT2D eigenvalue weighted by atomic mass is 9.66. The van der Waals surface area contributed by atoms with Crippen molar-refractivity contribution in [2.24, 2.45) is 0 Å². The largest absolute Gasteiger partial charge is 0.457 e. The number of hydrogen-bond donors (Lipinski definition) is 0. The summed E-state index contributed by atoms with van der Waals surface area (Å²) in [7, 11) is -3.62. The summed E-state index contributed by atoms with van der Waals surface area (Å²) in [6.45, 7) is 0. The van der Waals surface area contributed by atoms with Crippen molar-refractivity contribution in [1.82, 2.24) is 33.9 Å². The van der Waals surface area contributed by atoms with Crippen molar-refractivity contribution >= 4 is 56.7 Å². The van der Waals surface area contributed by atoms with Gasteiger partial charge in [0, 0.05) is 77.6 Å². The molecule has 0 saturated heterocycles. The van der Waals surface area contributed by atoms with E-state index in [0.29, 0.717) is 22.6 Å². The van der Waals surface area contributed by atoms with Crippen LogP contribution >= 0.6 is 0 Å². The zero-order chi connectivity index (χ0) is 45.4. The van der Waals surface area contributed by atoms with Gasteiger partial charge in [-0.3, -0.25) is 28.9 Å². The number of nitrogens with zero attached hydrogens (tertiary/aromatic N) is 7. The Balaban J connectivity index is 1.22. The van der Waals surface area contributed by atoms with Crippen molar-refractivity contribution in [3.63, 3.8) is 0 Å². The SMILES string of the molecule is [2H]C([2H])(c1cnccn1)C1(C([2H])([2H])c2cnccn2)c2ccccc2Oc2c1cccc2[Si](c1ccccc1)(c1ccccc1)c1cccc(-n2c3ccccc3n3c4ccccc4nc23)c1. The van der Waals surface area contributed by atoms with Crippen LogP contribution in [-0.4, -0.2) is 42.0 Å². The van der Waals surface area contributed by atoms with Crippen LogP contribution in [0.15, 0.2) is 213 Å². The molecule has 8 nitrogen and oxygen atoms in total. The van der Waals surface area contributed by atoms with Gasteiger partial charge >= 0.3 is 0 Å². The van der Waals surface area contributed by atoms with E-state index in [0.717, 1.165) is 54.3 Å². The highest BCUT2D eigenvalue weighted by Crippen LogP contribution is 2.51. The fraction of sp³-hybridized carbons (Fsp3) is 0.0556. The highest BCUT2D eigenvalue weighted by molar-refractivity contribution is 7.20. The van der Waals surface area contributed by atoms with Gasteiger partial charge in [-0.2, -0.15) is 0 Å². The minimum Gasteiger partial charge on any atom is -0.457 e. The molecule has 7 aromatic carbocycles. The molecule has 12 rings (SSSR count). The molecular formula is C54H39N7OSi. The molecule has 0 fully saturated rings. The first-order chi connectivity index (χ1) is 32.8. The third-order valence-corrected chi connectivity index (χ3v) is 16.9. The highest BCUT2D eigenvalue weighted by Gasteiger charge is 2.49. The van der Waals surface area contributed by atoms with Crippen molar-refractivity contribution in [2.45, 2.75) is 18.2 Å². The molecule has 0 atom stereocenters. The van der Waals surface area contributed by atoms with Crippen LogP contribution in [0, 0.1) is 0 Å². The van der Waals surface area contributed by atoms with Crippen molar-refractivity contribution in [3.8, 4) is 17.2 Å². The van der Waals surface area contributed by atoms with E-state index in [-0.39, 0.29) is 11.4 Å². The fourth-order valence-corrected chi connectivity index (χ4v) is 14.5. The third-order valence-electron chi connectivity index (χ3n) is 12.1. The summed E-state index contributed by atoms with van der Waals surface area (Å²) in [5.41, 5.74) is 3.18. The monoisotopic (exact) mass is 833 g/mol. The minimum atomic E-state index is -3.62. The Morgan fingerprint density at radius 3 is 1.83 bits per heavy atom. The molecule has 0 saturated carbocycles. The maximum atomic E-state index is 10.4. The second-order valence-electron chi connectivity index (χ2n) is 15.6. The summed E-state index contributed by atoms with van der Waals surface area (Å²) in [4.78, 5) is 22.9. The highest BCUT2D eigenvalue weighted by atomic mass is 28.3. The summed E-state index contributed by atoms with van der Waals surface area (Å²) < 4.78 is 53.3. The van der Waals surface area contributed by atoms with Gasteiger partial charge in [0.15, 0.2) is 8.07 Å². The molecular weight excluding hydrogens is 791 g/mol. The lowest BCUT2D eigenvalue weighted by molar-refractivity contribution is 0.383. The van der Waals surface area contributed by atoms with E-state index in [1.54, 1.807) is 24.3 Å². The molecule has 9 heteroatoms. The van der Waals surface area contributed by atoms with Crippen LogP contribution in [0.3, 0.4) is 0 Å². The van der Waals surface area contributed by atoms with Gasteiger partial charge in [-0.25, -0.2) is 4.98 Å². The van der Waals surface area contributed by atoms with Crippen LogP contribution in [0.1, 0.15) is 28.0 Å². The Kier molecular flexibility index (Phi) is 7.72. The third kappa shape index (κ3) is 5.77. The Morgan fingerprint density at radius 1 is 0.540 bits per heavy atom. The molecule has 11 aromatic rings. The molecule has 0 spiro atoms. The van der Waals surface area contributed by atoms with Crippen LogP contribution in [0.25, 0.3) is 33.5 Å². The standard InChI is InChI=1S/C54H39N7OSi/c1-3-16-41(17-4-1)63(42-18-5-2-6-19-42,43-20-13-15-40(33-43)60-48-25-10-11-26-49(48)61-47-24-9-8-23-46(47)59-53(60)61)51-28-14-22-45-52(51)62-50-27-12-7-21-44(50)54(45,34-38-36-55-29-31-57-38)35-39-37-56-30-32-58-39/h1-33,36-37H,34-35H2/i34D2,35D2. The van der Waals surface area contributed by atoms with E-state index >= 15 is 0 Å². The molecule has 1 aliphatic heterocycles. The van der Waals surface area contributed by atoms with Crippen LogP contribution in [0.2, 0.25) is 0 Å². The smallest absolute Gasteiger partial charge is 0.220 e. The molecule has 0 amide bonds. The van der Waals surface area contributed by atoms with Crippen LogP contribution in [-0.2, 0) is 18.2 Å². The van der Waals surface area contributed by atoms with Gasteiger partial charge in [0.25, 0.3) is 0 Å². The molecule has 0 radical (unpaired) electrons. The Bertz CT molecular complexity index is 3560. The normalized spacial score (nSPS) is 14.5. The molecule has 0 N–H and O–H groups in total. The summed E-state index contributed by atoms with van der Waals surface area (Å²) in [6.07, 6.45) is 3.44. The number of para-hydroxylation sites is 6. The van der Waals surface area contributed by atoms with E-state index in [1.807, 2.05) is 48.5 Å². The fourth-order valence-electron chi connectivity index (χ4n) is 9.60. The molecule has 4 aromatic heterocycles. The number of rotatable bonds is 9. The molecule has 63 heavy (non-hydrogen) atoms. The van der Waals surface area contributed by atoms with Gasteiger partial charge in [0.2, 0.25) is 5.78 Å². The Labute approximate surface area is 370 Å². The van der Waals surface area contributed by atoms with E-state index in [4.69, 9.17) is 9.72 Å². The minimum absolute atomic E-state index is 0.0462. The van der Waals surface area contributed by atoms with Crippen molar-refractivity contribution in [2.75, 3.05) is 0 Å². The van der Waals surface area contributed by atoms with Crippen molar-refractivity contribution in [3.05, 3.63) is 236 Å². The molecule has 5 heterocycles. The summed E-state index contributed by atoms with van der Waals surface area (Å²) in [5, 5.41) is 3.91. The average molecular weight is 834 g/mol. The zero-order valence-corrected chi connectivity index (χ0v) is 34.7. The van der Waals surface area contributed by atoms with Gasteiger partial charge in [-0.05, 0) is 63.2 Å². The predicted molar refractivity (Wildman–Crippen MR) is 252 cm³/mol. The molecule has 300 valence electrons. The van der Waals surface area contributed by atoms with Crippen molar-refractivity contribution in [1.29, 1.82) is 0 Å². The first-order valence-electron chi connectivity index (χ1n) is 22.8. The van der Waals surface area contributed by atoms with E-state index in [9.17, 15) is 5.48 Å². The van der Waals surface area contributed by atoms with Crippen LogP contribution < -0.4 is 25.5 Å². The van der Waals surface area contributed by atoms with Crippen LogP contribution in [0.4, 0.5) is 0 Å². The number of aromatic nitrogens is 7. The average Bonchev–Trinajstić information content (AvgIpc) is 3.92. The second-order valence-corrected chi connectivity index (χ2v) is 19.3. The quantitative estimate of drug-likeness (QED) is 0.108. The second kappa shape index (κ2) is 14.9. The zero-order valence-electron chi connectivity index (χ0n) is 37.7. The number of hydrogen-bond acceptors (Lipinski definition) is 6. The lowest BCUT2D eigenvalue weighted by Gasteiger charge is -2.43. The van der Waals surface area contributed by atoms with Gasteiger partial charge in [-0.15, -0.1) is 0 Å². The Hall–Kier alpha value is -8.01. The van der Waals surface area contributed by atoms with E-state index < -0.39 is 26.2 Å².